The van der Waals surface area contributed by atoms with Crippen LogP contribution in [0.15, 0.2) is 24.5 Å². The molecule has 0 aliphatic carbocycles. The highest BCUT2D eigenvalue weighted by atomic mass is 35.5. The second kappa shape index (κ2) is 9.71. The second-order valence-electron chi connectivity index (χ2n) is 2.81. The summed E-state index contributed by atoms with van der Waals surface area (Å²) >= 11 is 0. The maximum absolute atomic E-state index is 7.00. The molecule has 1 rings (SSSR count). The fourth-order valence-electron chi connectivity index (χ4n) is 0.958. The number of nitrogens with zero attached hydrogens (tertiary/aromatic N) is 1. The highest BCUT2D eigenvalue weighted by Gasteiger charge is 1.92. The van der Waals surface area contributed by atoms with Crippen LogP contribution in [0.1, 0.15) is 12.0 Å². The third-order valence-electron chi connectivity index (χ3n) is 1.62. The van der Waals surface area contributed by atoms with Crippen molar-refractivity contribution in [2.45, 2.75) is 13.0 Å². The van der Waals surface area contributed by atoms with Crippen molar-refractivity contribution in [2.24, 2.45) is 5.73 Å². The summed E-state index contributed by atoms with van der Waals surface area (Å²) in [5, 5.41) is 10.2. The number of rotatable bonds is 5. The highest BCUT2D eigenvalue weighted by molar-refractivity contribution is 5.85. The summed E-state index contributed by atoms with van der Waals surface area (Å²) in [6.07, 6.45) is 4.17. The van der Waals surface area contributed by atoms with Crippen molar-refractivity contribution in [3.05, 3.63) is 30.1 Å². The molecule has 0 unspecified atom stereocenters. The van der Waals surface area contributed by atoms with Gasteiger partial charge in [-0.1, -0.05) is 6.07 Å². The van der Waals surface area contributed by atoms with E-state index in [4.69, 9.17) is 11.1 Å². The van der Waals surface area contributed by atoms with Gasteiger partial charge in [0.1, 0.15) is 0 Å². The average Bonchev–Trinajstić information content (AvgIpc) is 2.14. The zero-order valence-corrected chi connectivity index (χ0v) is 9.90. The molecule has 0 fully saturated rings. The Kier molecular flexibility index (Phi) is 10.7. The van der Waals surface area contributed by atoms with Gasteiger partial charge in [-0.2, -0.15) is 0 Å². The summed E-state index contributed by atoms with van der Waals surface area (Å²) < 4.78 is 0. The van der Waals surface area contributed by atoms with Gasteiger partial charge in [-0.15, -0.1) is 24.8 Å². The summed E-state index contributed by atoms with van der Waals surface area (Å²) in [5.41, 5.74) is 6.35. The number of pyridine rings is 1. The van der Waals surface area contributed by atoms with E-state index in [-0.39, 0.29) is 30.6 Å². The van der Waals surface area contributed by atoms with Crippen LogP contribution in [0.25, 0.3) is 0 Å². The van der Waals surface area contributed by atoms with Crippen LogP contribution in [-0.4, -0.2) is 17.4 Å². The van der Waals surface area contributed by atoms with Crippen molar-refractivity contribution in [3.8, 4) is 0 Å². The summed E-state index contributed by atoms with van der Waals surface area (Å²) in [4.78, 5) is 3.99. The number of halogens is 2. The zero-order valence-electron chi connectivity index (χ0n) is 8.27. The summed E-state index contributed by atoms with van der Waals surface area (Å²) in [7, 11) is 0. The third kappa shape index (κ3) is 8.17. The van der Waals surface area contributed by atoms with Crippen molar-refractivity contribution in [1.82, 2.24) is 10.3 Å². The number of hydrogen-bond donors (Lipinski definition) is 3. The standard InChI is InChI=1S/C9H14N4.2ClH/c10-9(11)3-5-13-7-8-2-1-4-12-6-8;;/h1-2,4,6,13H,3,5,7H2,(H3,10,11);2*1H. The van der Waals surface area contributed by atoms with E-state index in [1.807, 2.05) is 18.3 Å². The molecular formula is C9H16Cl2N4. The molecule has 1 aromatic heterocycles. The Morgan fingerprint density at radius 1 is 1.47 bits per heavy atom. The number of aromatic nitrogens is 1. The number of hydrogen-bond acceptors (Lipinski definition) is 3. The predicted molar refractivity (Wildman–Crippen MR) is 67.0 cm³/mol. The van der Waals surface area contributed by atoms with Gasteiger partial charge in [0, 0.05) is 31.9 Å². The van der Waals surface area contributed by atoms with Crippen LogP contribution in [0, 0.1) is 5.41 Å². The quantitative estimate of drug-likeness (QED) is 0.420. The molecule has 1 aromatic rings. The van der Waals surface area contributed by atoms with Gasteiger partial charge in [0.05, 0.1) is 5.84 Å². The average molecular weight is 251 g/mol. The first-order valence-corrected chi connectivity index (χ1v) is 4.21. The SMILES string of the molecule is Cl.Cl.N=C(N)CCNCc1cccnc1. The van der Waals surface area contributed by atoms with E-state index in [1.165, 1.54) is 0 Å². The predicted octanol–water partition coefficient (Wildman–Crippen LogP) is 1.34. The summed E-state index contributed by atoms with van der Waals surface area (Å²) in [5.74, 6) is 0.221. The van der Waals surface area contributed by atoms with Crippen LogP contribution < -0.4 is 11.1 Å². The van der Waals surface area contributed by atoms with Gasteiger partial charge in [0.15, 0.2) is 0 Å². The number of nitrogens with one attached hydrogen (secondary N) is 2. The van der Waals surface area contributed by atoms with Crippen molar-refractivity contribution in [2.75, 3.05) is 6.54 Å². The maximum Gasteiger partial charge on any atom is 0.0918 e. The molecule has 86 valence electrons. The third-order valence-corrected chi connectivity index (χ3v) is 1.62. The molecule has 0 aromatic carbocycles. The Labute approximate surface area is 102 Å². The lowest BCUT2D eigenvalue weighted by Crippen LogP contribution is -2.21. The van der Waals surface area contributed by atoms with Gasteiger partial charge in [-0.25, -0.2) is 0 Å². The molecule has 4 N–H and O–H groups in total. The molecule has 4 nitrogen and oxygen atoms in total. The minimum atomic E-state index is 0. The van der Waals surface area contributed by atoms with E-state index in [0.29, 0.717) is 6.42 Å². The highest BCUT2D eigenvalue weighted by Crippen LogP contribution is 1.93. The van der Waals surface area contributed by atoms with Gasteiger partial charge >= 0.3 is 0 Å². The molecule has 0 saturated carbocycles. The van der Waals surface area contributed by atoms with Crippen LogP contribution >= 0.6 is 24.8 Å². The Morgan fingerprint density at radius 2 is 2.20 bits per heavy atom. The molecule has 0 radical (unpaired) electrons. The van der Waals surface area contributed by atoms with E-state index in [9.17, 15) is 0 Å². The molecule has 0 amide bonds. The van der Waals surface area contributed by atoms with Crippen LogP contribution in [0.5, 0.6) is 0 Å². The summed E-state index contributed by atoms with van der Waals surface area (Å²) in [6.45, 7) is 1.52. The van der Waals surface area contributed by atoms with E-state index in [1.54, 1.807) is 6.20 Å². The van der Waals surface area contributed by atoms with Crippen LogP contribution in [0.4, 0.5) is 0 Å². The largest absolute Gasteiger partial charge is 0.388 e. The van der Waals surface area contributed by atoms with Crippen LogP contribution in [0.3, 0.4) is 0 Å². The van der Waals surface area contributed by atoms with Gasteiger partial charge in [0.25, 0.3) is 0 Å². The van der Waals surface area contributed by atoms with Crippen molar-refractivity contribution >= 4 is 30.6 Å². The Morgan fingerprint density at radius 3 is 2.73 bits per heavy atom. The Bertz CT molecular complexity index is 266. The molecular weight excluding hydrogens is 235 g/mol. The normalized spacial score (nSPS) is 8.53. The fraction of sp³-hybridized carbons (Fsp3) is 0.333. The minimum Gasteiger partial charge on any atom is -0.388 e. The van der Waals surface area contributed by atoms with Gasteiger partial charge < -0.3 is 11.1 Å². The molecule has 6 heteroatoms. The van der Waals surface area contributed by atoms with Gasteiger partial charge in [-0.3, -0.25) is 10.4 Å². The second-order valence-corrected chi connectivity index (χ2v) is 2.81. The fourth-order valence-corrected chi connectivity index (χ4v) is 0.958. The smallest absolute Gasteiger partial charge is 0.0918 e. The minimum absolute atomic E-state index is 0. The van der Waals surface area contributed by atoms with Crippen LogP contribution in [0.2, 0.25) is 0 Å². The maximum atomic E-state index is 7.00. The first kappa shape index (κ1) is 16.6. The van der Waals surface area contributed by atoms with Crippen molar-refractivity contribution < 1.29 is 0 Å². The van der Waals surface area contributed by atoms with E-state index in [2.05, 4.69) is 10.3 Å². The van der Waals surface area contributed by atoms with Gasteiger partial charge in [-0.05, 0) is 11.6 Å². The zero-order chi connectivity index (χ0) is 9.52. The van der Waals surface area contributed by atoms with E-state index < -0.39 is 0 Å². The van der Waals surface area contributed by atoms with Gasteiger partial charge in [0.2, 0.25) is 0 Å². The molecule has 0 aliphatic heterocycles. The van der Waals surface area contributed by atoms with Crippen LogP contribution in [-0.2, 0) is 6.54 Å². The first-order chi connectivity index (χ1) is 6.29. The molecule has 0 saturated heterocycles. The monoisotopic (exact) mass is 250 g/mol. The lowest BCUT2D eigenvalue weighted by Gasteiger charge is -2.02. The van der Waals surface area contributed by atoms with Crippen molar-refractivity contribution in [1.29, 1.82) is 5.41 Å². The number of nitrogens with two attached hydrogens (primary N) is 1. The molecule has 0 spiro atoms. The summed E-state index contributed by atoms with van der Waals surface area (Å²) in [6, 6.07) is 3.91. The molecule has 0 aliphatic rings. The molecule has 1 heterocycles. The molecule has 15 heavy (non-hydrogen) atoms. The van der Waals surface area contributed by atoms with E-state index in [0.717, 1.165) is 18.7 Å². The lowest BCUT2D eigenvalue weighted by molar-refractivity contribution is 0.700. The van der Waals surface area contributed by atoms with E-state index >= 15 is 0 Å². The molecule has 0 bridgehead atoms. The molecule has 0 atom stereocenters. The lowest BCUT2D eigenvalue weighted by atomic mass is 10.3. The Balaban J connectivity index is 0. The number of amidine groups is 1. The first-order valence-electron chi connectivity index (χ1n) is 4.21. The van der Waals surface area contributed by atoms with Crippen molar-refractivity contribution in [3.63, 3.8) is 0 Å². The Hall–Kier alpha value is -0.840. The topological polar surface area (TPSA) is 74.8 Å².